The van der Waals surface area contributed by atoms with Gasteiger partial charge in [0, 0.05) is 6.04 Å². The summed E-state index contributed by atoms with van der Waals surface area (Å²) in [6.45, 7) is 3.78. The van der Waals surface area contributed by atoms with Gasteiger partial charge < -0.3 is 5.32 Å². The van der Waals surface area contributed by atoms with Gasteiger partial charge in [-0.25, -0.2) is 4.39 Å². The van der Waals surface area contributed by atoms with Gasteiger partial charge in [0.25, 0.3) is 5.91 Å². The molecule has 1 N–H and O–H groups in total. The van der Waals surface area contributed by atoms with Crippen molar-refractivity contribution in [2.75, 3.05) is 0 Å². The molecule has 0 aromatic heterocycles. The molecule has 0 saturated heterocycles. The van der Waals surface area contributed by atoms with Gasteiger partial charge in [0.1, 0.15) is 5.82 Å². The molecule has 0 aliphatic heterocycles. The fourth-order valence-electron chi connectivity index (χ4n) is 2.21. The maximum Gasteiger partial charge on any atom is 0.254 e. The monoisotopic (exact) mass is 285 g/mol. The Kier molecular flexibility index (Phi) is 5.09. The van der Waals surface area contributed by atoms with Crippen LogP contribution in [0.1, 0.15) is 34.8 Å². The smallest absolute Gasteiger partial charge is 0.254 e. The summed E-state index contributed by atoms with van der Waals surface area (Å²) in [5.74, 6) is -0.829. The van der Waals surface area contributed by atoms with Crippen molar-refractivity contribution in [1.82, 2.24) is 5.32 Å². The molecule has 0 fully saturated rings. The Morgan fingerprint density at radius 1 is 1.19 bits per heavy atom. The van der Waals surface area contributed by atoms with Gasteiger partial charge in [0.2, 0.25) is 0 Å². The third-order valence-electron chi connectivity index (χ3n) is 3.45. The van der Waals surface area contributed by atoms with Crippen molar-refractivity contribution in [3.63, 3.8) is 0 Å². The Bertz CT molecular complexity index is 610. The van der Waals surface area contributed by atoms with Crippen molar-refractivity contribution in [1.29, 1.82) is 0 Å². The second kappa shape index (κ2) is 7.02. The predicted molar refractivity (Wildman–Crippen MR) is 82.8 cm³/mol. The number of halogens is 1. The summed E-state index contributed by atoms with van der Waals surface area (Å²) in [5, 5.41) is 2.86. The van der Waals surface area contributed by atoms with Crippen LogP contribution in [0.2, 0.25) is 0 Å². The zero-order valence-corrected chi connectivity index (χ0v) is 12.4. The third kappa shape index (κ3) is 4.42. The van der Waals surface area contributed by atoms with Gasteiger partial charge in [0.05, 0.1) is 5.56 Å². The lowest BCUT2D eigenvalue weighted by Gasteiger charge is -2.14. The summed E-state index contributed by atoms with van der Waals surface area (Å²) in [6.07, 6.45) is 1.71. The van der Waals surface area contributed by atoms with Gasteiger partial charge >= 0.3 is 0 Å². The number of hydrogen-bond donors (Lipinski definition) is 1. The lowest BCUT2D eigenvalue weighted by atomic mass is 10.1. The van der Waals surface area contributed by atoms with Crippen LogP contribution in [0.3, 0.4) is 0 Å². The van der Waals surface area contributed by atoms with E-state index in [2.05, 4.69) is 17.4 Å². The van der Waals surface area contributed by atoms with E-state index >= 15 is 0 Å². The minimum Gasteiger partial charge on any atom is -0.349 e. The van der Waals surface area contributed by atoms with E-state index in [0.29, 0.717) is 0 Å². The molecule has 3 heteroatoms. The fourth-order valence-corrected chi connectivity index (χ4v) is 2.21. The molecular formula is C18H20FNO. The molecule has 0 bridgehead atoms. The van der Waals surface area contributed by atoms with E-state index in [0.717, 1.165) is 18.4 Å². The number of aryl methyl sites for hydroxylation is 2. The minimum absolute atomic E-state index is 0.00221. The fraction of sp³-hybridized carbons (Fsp3) is 0.278. The number of nitrogens with one attached hydrogen (secondary N) is 1. The van der Waals surface area contributed by atoms with E-state index in [9.17, 15) is 9.18 Å². The Morgan fingerprint density at radius 3 is 2.62 bits per heavy atom. The second-order valence-electron chi connectivity index (χ2n) is 5.38. The number of hydrogen-bond acceptors (Lipinski definition) is 1. The van der Waals surface area contributed by atoms with Gasteiger partial charge in [-0.1, -0.05) is 42.0 Å². The van der Waals surface area contributed by atoms with Crippen molar-refractivity contribution in [2.45, 2.75) is 32.7 Å². The molecule has 0 spiro atoms. The van der Waals surface area contributed by atoms with E-state index in [4.69, 9.17) is 0 Å². The second-order valence-corrected chi connectivity index (χ2v) is 5.38. The van der Waals surface area contributed by atoms with E-state index in [1.165, 1.54) is 11.6 Å². The molecule has 0 aliphatic carbocycles. The molecule has 2 aromatic rings. The summed E-state index contributed by atoms with van der Waals surface area (Å²) in [6, 6.07) is 14.7. The predicted octanol–water partition coefficient (Wildman–Crippen LogP) is 3.89. The molecule has 2 nitrogen and oxygen atoms in total. The highest BCUT2D eigenvalue weighted by Crippen LogP contribution is 2.11. The number of carbonyl (C=O) groups excluding carboxylic acids is 1. The first-order valence-electron chi connectivity index (χ1n) is 7.17. The average molecular weight is 285 g/mol. The molecule has 0 heterocycles. The molecule has 21 heavy (non-hydrogen) atoms. The first kappa shape index (κ1) is 15.2. The number of amides is 1. The number of rotatable bonds is 5. The van der Waals surface area contributed by atoms with Crippen LogP contribution in [0.25, 0.3) is 0 Å². The van der Waals surface area contributed by atoms with Crippen LogP contribution in [-0.2, 0) is 6.42 Å². The zero-order valence-electron chi connectivity index (χ0n) is 12.4. The first-order valence-corrected chi connectivity index (χ1v) is 7.17. The molecule has 1 atom stereocenters. The highest BCUT2D eigenvalue weighted by Gasteiger charge is 2.14. The van der Waals surface area contributed by atoms with Gasteiger partial charge in [-0.3, -0.25) is 4.79 Å². The molecule has 1 amide bonds. The Morgan fingerprint density at radius 2 is 1.90 bits per heavy atom. The van der Waals surface area contributed by atoms with Gasteiger partial charge in [-0.2, -0.15) is 0 Å². The Labute approximate surface area is 125 Å². The van der Waals surface area contributed by atoms with Gasteiger partial charge in [-0.05, 0) is 44.4 Å². The lowest BCUT2D eigenvalue weighted by molar-refractivity contribution is 0.0934. The molecule has 0 radical (unpaired) electrons. The van der Waals surface area contributed by atoms with Crippen molar-refractivity contribution in [3.8, 4) is 0 Å². The van der Waals surface area contributed by atoms with Crippen molar-refractivity contribution >= 4 is 5.91 Å². The van der Waals surface area contributed by atoms with Crippen molar-refractivity contribution in [2.24, 2.45) is 0 Å². The average Bonchev–Trinajstić information content (AvgIpc) is 2.48. The molecular weight excluding hydrogens is 265 g/mol. The van der Waals surface area contributed by atoms with Crippen LogP contribution < -0.4 is 5.32 Å². The van der Waals surface area contributed by atoms with E-state index in [1.807, 2.05) is 32.0 Å². The Balaban J connectivity index is 1.91. The quantitative estimate of drug-likeness (QED) is 0.887. The number of carbonyl (C=O) groups is 1. The summed E-state index contributed by atoms with van der Waals surface area (Å²) in [5.41, 5.74) is 2.22. The van der Waals surface area contributed by atoms with Crippen molar-refractivity contribution < 1.29 is 9.18 Å². The van der Waals surface area contributed by atoms with Crippen LogP contribution >= 0.6 is 0 Å². The molecule has 1 unspecified atom stereocenters. The van der Waals surface area contributed by atoms with Crippen LogP contribution in [0.15, 0.2) is 48.5 Å². The molecule has 110 valence electrons. The maximum atomic E-state index is 13.7. The lowest BCUT2D eigenvalue weighted by Crippen LogP contribution is -2.33. The summed E-state index contributed by atoms with van der Waals surface area (Å²) in [4.78, 5) is 12.1. The Hall–Kier alpha value is -2.16. The SMILES string of the molecule is Cc1ccc(F)c(C(=O)NC(C)CCc2ccccc2)c1. The number of benzene rings is 2. The normalized spacial score (nSPS) is 12.0. The van der Waals surface area contributed by atoms with E-state index in [1.54, 1.807) is 12.1 Å². The van der Waals surface area contributed by atoms with Crippen LogP contribution in [0, 0.1) is 12.7 Å². The zero-order chi connectivity index (χ0) is 15.2. The molecule has 2 rings (SSSR count). The molecule has 0 aliphatic rings. The topological polar surface area (TPSA) is 29.1 Å². The summed E-state index contributed by atoms with van der Waals surface area (Å²) >= 11 is 0. The standard InChI is InChI=1S/C18H20FNO/c1-13-8-11-17(19)16(12-13)18(21)20-14(2)9-10-15-6-4-3-5-7-15/h3-8,11-12,14H,9-10H2,1-2H3,(H,20,21). The van der Waals surface area contributed by atoms with Gasteiger partial charge in [0.15, 0.2) is 0 Å². The highest BCUT2D eigenvalue weighted by atomic mass is 19.1. The minimum atomic E-state index is -0.478. The molecule has 2 aromatic carbocycles. The third-order valence-corrected chi connectivity index (χ3v) is 3.45. The maximum absolute atomic E-state index is 13.7. The van der Waals surface area contributed by atoms with Crippen LogP contribution in [0.4, 0.5) is 4.39 Å². The van der Waals surface area contributed by atoms with Crippen molar-refractivity contribution in [3.05, 3.63) is 71.0 Å². The van der Waals surface area contributed by atoms with E-state index in [-0.39, 0.29) is 17.5 Å². The van der Waals surface area contributed by atoms with E-state index < -0.39 is 5.82 Å². The highest BCUT2D eigenvalue weighted by molar-refractivity contribution is 5.94. The van der Waals surface area contributed by atoms with Crippen LogP contribution in [-0.4, -0.2) is 11.9 Å². The van der Waals surface area contributed by atoms with Gasteiger partial charge in [-0.15, -0.1) is 0 Å². The molecule has 0 saturated carbocycles. The summed E-state index contributed by atoms with van der Waals surface area (Å²) in [7, 11) is 0. The largest absolute Gasteiger partial charge is 0.349 e. The van der Waals surface area contributed by atoms with Crippen LogP contribution in [0.5, 0.6) is 0 Å². The first-order chi connectivity index (χ1) is 10.1. The summed E-state index contributed by atoms with van der Waals surface area (Å²) < 4.78 is 13.7.